The average molecular weight is 180 g/mol. The number of nitrogens with zero attached hydrogens (tertiary/aromatic N) is 2. The van der Waals surface area contributed by atoms with Crippen LogP contribution in [-0.2, 0) is 0 Å². The van der Waals surface area contributed by atoms with E-state index in [1.807, 2.05) is 12.3 Å². The fraction of sp³-hybridized carbons (Fsp3) is 0.143. The lowest BCUT2D eigenvalue weighted by molar-refractivity contribution is 1.08. The Hall–Kier alpha value is -1.23. The maximum Gasteiger partial charge on any atom is 0.153 e. The zero-order valence-electron chi connectivity index (χ0n) is 6.53. The molecule has 0 fully saturated rings. The molecule has 0 atom stereocenters. The van der Waals surface area contributed by atoms with Gasteiger partial charge in [-0.2, -0.15) is 5.10 Å². The van der Waals surface area contributed by atoms with Crippen molar-refractivity contribution in [1.82, 2.24) is 15.2 Å². The van der Waals surface area contributed by atoms with Gasteiger partial charge in [-0.3, -0.25) is 5.10 Å². The molecule has 0 aliphatic rings. The summed E-state index contributed by atoms with van der Waals surface area (Å²) in [5, 5.41) is 8.62. The second kappa shape index (κ2) is 2.67. The molecule has 0 saturated carbocycles. The van der Waals surface area contributed by atoms with Gasteiger partial charge in [-0.15, -0.1) is 11.8 Å². The molecule has 12 heavy (non-hydrogen) atoms. The molecule has 2 aromatic rings. The van der Waals surface area contributed by atoms with Gasteiger partial charge in [-0.05, 0) is 12.3 Å². The molecule has 5 heteroatoms. The number of rotatable bonds is 1. The number of aromatic amines is 1. The van der Waals surface area contributed by atoms with Gasteiger partial charge >= 0.3 is 0 Å². The summed E-state index contributed by atoms with van der Waals surface area (Å²) < 4.78 is 0. The maximum atomic E-state index is 5.62. The SMILES string of the molecule is CSc1nccc2c(N)n[nH]c12. The monoisotopic (exact) mass is 180 g/mol. The summed E-state index contributed by atoms with van der Waals surface area (Å²) in [5.41, 5.74) is 6.54. The lowest BCUT2D eigenvalue weighted by atomic mass is 10.3. The second-order valence-corrected chi connectivity index (χ2v) is 3.15. The number of H-pyrrole nitrogens is 1. The Morgan fingerprint density at radius 2 is 2.42 bits per heavy atom. The van der Waals surface area contributed by atoms with Gasteiger partial charge in [0.2, 0.25) is 0 Å². The topological polar surface area (TPSA) is 67.6 Å². The normalized spacial score (nSPS) is 10.8. The number of nitrogens with two attached hydrogens (primary N) is 1. The van der Waals surface area contributed by atoms with E-state index in [1.54, 1.807) is 18.0 Å². The third-order valence-corrected chi connectivity index (χ3v) is 2.37. The Balaban J connectivity index is 2.81. The van der Waals surface area contributed by atoms with Gasteiger partial charge in [0, 0.05) is 11.6 Å². The summed E-state index contributed by atoms with van der Waals surface area (Å²) in [6.45, 7) is 0. The van der Waals surface area contributed by atoms with Gasteiger partial charge in [0.1, 0.15) is 5.03 Å². The summed E-state index contributed by atoms with van der Waals surface area (Å²) in [7, 11) is 0. The molecule has 0 radical (unpaired) electrons. The predicted molar refractivity (Wildman–Crippen MR) is 50.1 cm³/mol. The van der Waals surface area contributed by atoms with Crippen LogP contribution in [0, 0.1) is 0 Å². The molecule has 0 saturated heterocycles. The molecule has 0 bridgehead atoms. The first-order valence-electron chi connectivity index (χ1n) is 3.45. The van der Waals surface area contributed by atoms with E-state index in [0.29, 0.717) is 5.82 Å². The number of nitrogens with one attached hydrogen (secondary N) is 1. The van der Waals surface area contributed by atoms with Crippen LogP contribution in [0.2, 0.25) is 0 Å². The minimum atomic E-state index is 0.530. The molecule has 2 rings (SSSR count). The molecule has 0 aliphatic carbocycles. The van der Waals surface area contributed by atoms with E-state index < -0.39 is 0 Å². The molecule has 0 aromatic carbocycles. The van der Waals surface area contributed by atoms with E-state index in [9.17, 15) is 0 Å². The highest BCUT2D eigenvalue weighted by Gasteiger charge is 2.05. The molecular weight excluding hydrogens is 172 g/mol. The molecule has 62 valence electrons. The first-order valence-corrected chi connectivity index (χ1v) is 4.68. The fourth-order valence-electron chi connectivity index (χ4n) is 1.10. The Bertz CT molecular complexity index is 409. The second-order valence-electron chi connectivity index (χ2n) is 2.35. The minimum absolute atomic E-state index is 0.530. The summed E-state index contributed by atoms with van der Waals surface area (Å²) in [4.78, 5) is 4.17. The maximum absolute atomic E-state index is 5.62. The Kier molecular flexibility index (Phi) is 1.65. The van der Waals surface area contributed by atoms with Crippen LogP contribution >= 0.6 is 11.8 Å². The van der Waals surface area contributed by atoms with Crippen molar-refractivity contribution >= 4 is 28.5 Å². The predicted octanol–water partition coefficient (Wildman–Crippen LogP) is 1.26. The van der Waals surface area contributed by atoms with Crippen molar-refractivity contribution in [1.29, 1.82) is 0 Å². The lowest BCUT2D eigenvalue weighted by Gasteiger charge is -1.94. The van der Waals surface area contributed by atoms with Crippen LogP contribution in [0.3, 0.4) is 0 Å². The van der Waals surface area contributed by atoms with Crippen LogP contribution in [0.4, 0.5) is 5.82 Å². The standard InChI is InChI=1S/C7H8N4S/c1-12-7-5-4(2-3-9-7)6(8)11-10-5/h2-3H,1H3,(H3,8,10,11). The molecule has 2 aromatic heterocycles. The van der Waals surface area contributed by atoms with Gasteiger partial charge in [-0.25, -0.2) is 4.98 Å². The molecule has 0 unspecified atom stereocenters. The third-order valence-electron chi connectivity index (χ3n) is 1.67. The van der Waals surface area contributed by atoms with Crippen molar-refractivity contribution in [2.75, 3.05) is 12.0 Å². The third kappa shape index (κ3) is 0.937. The summed E-state index contributed by atoms with van der Waals surface area (Å²) in [5.74, 6) is 0.530. The quantitative estimate of drug-likeness (QED) is 0.648. The van der Waals surface area contributed by atoms with Crippen molar-refractivity contribution < 1.29 is 0 Å². The summed E-state index contributed by atoms with van der Waals surface area (Å²) in [6.07, 6.45) is 3.71. The molecular formula is C7H8N4S. The van der Waals surface area contributed by atoms with Crippen molar-refractivity contribution in [2.24, 2.45) is 0 Å². The number of hydrogen-bond donors (Lipinski definition) is 2. The molecule has 0 aliphatic heterocycles. The Morgan fingerprint density at radius 3 is 3.17 bits per heavy atom. The van der Waals surface area contributed by atoms with Crippen molar-refractivity contribution in [2.45, 2.75) is 5.03 Å². The van der Waals surface area contributed by atoms with Crippen LogP contribution in [0.5, 0.6) is 0 Å². The molecule has 4 nitrogen and oxygen atoms in total. The number of hydrogen-bond acceptors (Lipinski definition) is 4. The number of nitrogen functional groups attached to an aromatic ring is 1. The van der Waals surface area contributed by atoms with Crippen LogP contribution in [0.15, 0.2) is 17.3 Å². The van der Waals surface area contributed by atoms with Crippen LogP contribution in [-0.4, -0.2) is 21.4 Å². The van der Waals surface area contributed by atoms with Gasteiger partial charge in [-0.1, -0.05) is 0 Å². The van der Waals surface area contributed by atoms with Crippen molar-refractivity contribution in [3.05, 3.63) is 12.3 Å². The van der Waals surface area contributed by atoms with Gasteiger partial charge < -0.3 is 5.73 Å². The Labute approximate surface area is 73.6 Å². The van der Waals surface area contributed by atoms with Gasteiger partial charge in [0.15, 0.2) is 5.82 Å². The number of thioether (sulfide) groups is 1. The number of fused-ring (bicyclic) bond motifs is 1. The minimum Gasteiger partial charge on any atom is -0.382 e. The van der Waals surface area contributed by atoms with Gasteiger partial charge in [0.05, 0.1) is 5.52 Å². The highest BCUT2D eigenvalue weighted by atomic mass is 32.2. The molecule has 0 spiro atoms. The average Bonchev–Trinajstić information content (AvgIpc) is 2.48. The Morgan fingerprint density at radius 1 is 1.58 bits per heavy atom. The van der Waals surface area contributed by atoms with E-state index >= 15 is 0 Å². The number of aromatic nitrogens is 3. The molecule has 2 heterocycles. The molecule has 3 N–H and O–H groups in total. The van der Waals surface area contributed by atoms with E-state index in [1.165, 1.54) is 0 Å². The smallest absolute Gasteiger partial charge is 0.153 e. The van der Waals surface area contributed by atoms with Crippen LogP contribution in [0.25, 0.3) is 10.9 Å². The van der Waals surface area contributed by atoms with E-state index in [0.717, 1.165) is 15.9 Å². The van der Waals surface area contributed by atoms with E-state index in [2.05, 4.69) is 15.2 Å². The molecule has 0 amide bonds. The lowest BCUT2D eigenvalue weighted by Crippen LogP contribution is -1.84. The van der Waals surface area contributed by atoms with E-state index in [-0.39, 0.29) is 0 Å². The zero-order valence-corrected chi connectivity index (χ0v) is 7.35. The summed E-state index contributed by atoms with van der Waals surface area (Å²) >= 11 is 1.57. The largest absolute Gasteiger partial charge is 0.382 e. The highest BCUT2D eigenvalue weighted by molar-refractivity contribution is 7.98. The fourth-order valence-corrected chi connectivity index (χ4v) is 1.62. The first-order chi connectivity index (χ1) is 5.83. The number of pyridine rings is 1. The van der Waals surface area contributed by atoms with Crippen LogP contribution in [0.1, 0.15) is 0 Å². The summed E-state index contributed by atoms with van der Waals surface area (Å²) in [6, 6.07) is 1.86. The number of anilines is 1. The highest BCUT2D eigenvalue weighted by Crippen LogP contribution is 2.24. The van der Waals surface area contributed by atoms with Crippen LogP contribution < -0.4 is 5.73 Å². The van der Waals surface area contributed by atoms with E-state index in [4.69, 9.17) is 5.73 Å². The van der Waals surface area contributed by atoms with Crippen molar-refractivity contribution in [3.8, 4) is 0 Å². The zero-order chi connectivity index (χ0) is 8.55. The van der Waals surface area contributed by atoms with Gasteiger partial charge in [0.25, 0.3) is 0 Å². The first kappa shape index (κ1) is 7.42. The van der Waals surface area contributed by atoms with Crippen molar-refractivity contribution in [3.63, 3.8) is 0 Å².